The highest BCUT2D eigenvalue weighted by Crippen LogP contribution is 2.23. The van der Waals surface area contributed by atoms with E-state index in [9.17, 15) is 0 Å². The molecule has 0 saturated carbocycles. The van der Waals surface area contributed by atoms with E-state index >= 15 is 0 Å². The van der Waals surface area contributed by atoms with Crippen LogP contribution in [-0.4, -0.2) is 16.3 Å². The van der Waals surface area contributed by atoms with E-state index in [1.165, 1.54) is 16.7 Å². The topological polar surface area (TPSA) is 43.8 Å². The molecule has 0 aliphatic rings. The number of benzene rings is 1. The van der Waals surface area contributed by atoms with Gasteiger partial charge in [-0.15, -0.1) is 0 Å². The number of hydrogen-bond donors (Lipinski definition) is 1. The quantitative estimate of drug-likeness (QED) is 0.852. The fourth-order valence-electron chi connectivity index (χ4n) is 1.86. The molecular formula is C13H17N3. The van der Waals surface area contributed by atoms with E-state index in [-0.39, 0.29) is 0 Å². The van der Waals surface area contributed by atoms with Crippen molar-refractivity contribution in [3.63, 3.8) is 0 Å². The maximum absolute atomic E-state index is 5.52. The first kappa shape index (κ1) is 10.9. The average Bonchev–Trinajstić information content (AvgIpc) is 2.60. The third kappa shape index (κ3) is 2.14. The van der Waals surface area contributed by atoms with E-state index in [2.05, 4.69) is 42.5 Å². The highest BCUT2D eigenvalue weighted by Gasteiger charge is 2.06. The first-order chi connectivity index (χ1) is 7.70. The van der Waals surface area contributed by atoms with Crippen molar-refractivity contribution in [3.8, 4) is 11.1 Å². The molecule has 1 aromatic heterocycles. The summed E-state index contributed by atoms with van der Waals surface area (Å²) in [6.45, 7) is 5.52. The number of nitrogens with two attached hydrogens (primary N) is 1. The predicted octanol–water partition coefficient (Wildman–Crippen LogP) is 2.13. The molecule has 2 rings (SSSR count). The summed E-state index contributed by atoms with van der Waals surface area (Å²) in [5, 5.41) is 4.44. The molecule has 0 amide bonds. The van der Waals surface area contributed by atoms with Crippen molar-refractivity contribution in [3.05, 3.63) is 41.7 Å². The Morgan fingerprint density at radius 3 is 2.81 bits per heavy atom. The van der Waals surface area contributed by atoms with Gasteiger partial charge in [-0.3, -0.25) is 4.68 Å². The van der Waals surface area contributed by atoms with Crippen LogP contribution in [-0.2, 0) is 6.54 Å². The molecule has 1 heterocycles. The fraction of sp³-hybridized carbons (Fsp3) is 0.308. The van der Waals surface area contributed by atoms with Gasteiger partial charge in [0.2, 0.25) is 0 Å². The van der Waals surface area contributed by atoms with Gasteiger partial charge in [0.1, 0.15) is 0 Å². The second-order valence-electron chi connectivity index (χ2n) is 4.05. The lowest BCUT2D eigenvalue weighted by molar-refractivity contribution is 0.620. The van der Waals surface area contributed by atoms with Gasteiger partial charge in [0.15, 0.2) is 0 Å². The summed E-state index contributed by atoms with van der Waals surface area (Å²) in [5.41, 5.74) is 10.3. The predicted molar refractivity (Wildman–Crippen MR) is 66.2 cm³/mol. The maximum atomic E-state index is 5.52. The van der Waals surface area contributed by atoms with Crippen LogP contribution in [0.4, 0.5) is 0 Å². The molecule has 2 N–H and O–H groups in total. The minimum atomic E-state index is 0.619. The van der Waals surface area contributed by atoms with Crippen LogP contribution in [0, 0.1) is 13.8 Å². The van der Waals surface area contributed by atoms with E-state index in [1.807, 2.05) is 11.6 Å². The zero-order chi connectivity index (χ0) is 11.5. The number of hydrogen-bond acceptors (Lipinski definition) is 2. The van der Waals surface area contributed by atoms with Crippen LogP contribution >= 0.6 is 0 Å². The van der Waals surface area contributed by atoms with Crippen molar-refractivity contribution in [1.82, 2.24) is 9.78 Å². The lowest BCUT2D eigenvalue weighted by Gasteiger charge is -2.00. The van der Waals surface area contributed by atoms with E-state index in [0.29, 0.717) is 6.54 Å². The van der Waals surface area contributed by atoms with Crippen molar-refractivity contribution < 1.29 is 0 Å². The fourth-order valence-corrected chi connectivity index (χ4v) is 1.86. The summed E-state index contributed by atoms with van der Waals surface area (Å²) in [6, 6.07) is 8.47. The van der Waals surface area contributed by atoms with Crippen molar-refractivity contribution in [2.75, 3.05) is 6.54 Å². The highest BCUT2D eigenvalue weighted by atomic mass is 15.3. The normalized spacial score (nSPS) is 10.7. The smallest absolute Gasteiger partial charge is 0.0672 e. The Morgan fingerprint density at radius 2 is 2.12 bits per heavy atom. The molecule has 3 heteroatoms. The Labute approximate surface area is 95.9 Å². The van der Waals surface area contributed by atoms with Gasteiger partial charge in [-0.25, -0.2) is 0 Å². The third-order valence-corrected chi connectivity index (χ3v) is 2.63. The van der Waals surface area contributed by atoms with Gasteiger partial charge in [-0.1, -0.05) is 29.8 Å². The summed E-state index contributed by atoms with van der Waals surface area (Å²) >= 11 is 0. The van der Waals surface area contributed by atoms with Gasteiger partial charge in [0.05, 0.1) is 12.2 Å². The van der Waals surface area contributed by atoms with Crippen LogP contribution in [0.25, 0.3) is 11.1 Å². The third-order valence-electron chi connectivity index (χ3n) is 2.63. The summed E-state index contributed by atoms with van der Waals surface area (Å²) in [6.07, 6.45) is 2.07. The second kappa shape index (κ2) is 4.49. The molecule has 3 nitrogen and oxygen atoms in total. The Bertz CT molecular complexity index is 486. The standard InChI is InChI=1S/C13H17N3/c1-10-4-3-5-12(8-10)13-9-16(7-6-14)15-11(13)2/h3-5,8-9H,6-7,14H2,1-2H3. The first-order valence-corrected chi connectivity index (χ1v) is 5.52. The molecule has 2 aromatic rings. The lowest BCUT2D eigenvalue weighted by atomic mass is 10.0. The lowest BCUT2D eigenvalue weighted by Crippen LogP contribution is -2.10. The van der Waals surface area contributed by atoms with Crippen LogP contribution in [0.15, 0.2) is 30.5 Å². The number of aromatic nitrogens is 2. The zero-order valence-electron chi connectivity index (χ0n) is 9.77. The largest absolute Gasteiger partial charge is 0.329 e. The minimum absolute atomic E-state index is 0.619. The van der Waals surface area contributed by atoms with Crippen LogP contribution in [0.1, 0.15) is 11.3 Å². The Morgan fingerprint density at radius 1 is 1.31 bits per heavy atom. The molecule has 0 radical (unpaired) electrons. The number of nitrogens with zero attached hydrogens (tertiary/aromatic N) is 2. The molecule has 0 saturated heterocycles. The molecule has 84 valence electrons. The van der Waals surface area contributed by atoms with Crippen molar-refractivity contribution in [2.24, 2.45) is 5.73 Å². The van der Waals surface area contributed by atoms with E-state index in [0.717, 1.165) is 12.2 Å². The van der Waals surface area contributed by atoms with Crippen molar-refractivity contribution in [1.29, 1.82) is 0 Å². The summed E-state index contributed by atoms with van der Waals surface area (Å²) in [7, 11) is 0. The summed E-state index contributed by atoms with van der Waals surface area (Å²) in [4.78, 5) is 0. The van der Waals surface area contributed by atoms with E-state index in [4.69, 9.17) is 5.73 Å². The Hall–Kier alpha value is -1.61. The summed E-state index contributed by atoms with van der Waals surface area (Å²) in [5.74, 6) is 0. The molecule has 0 unspecified atom stereocenters. The molecular weight excluding hydrogens is 198 g/mol. The van der Waals surface area contributed by atoms with Gasteiger partial charge in [0, 0.05) is 18.3 Å². The molecule has 1 aromatic carbocycles. The van der Waals surface area contributed by atoms with Gasteiger partial charge in [-0.2, -0.15) is 5.10 Å². The maximum Gasteiger partial charge on any atom is 0.0672 e. The summed E-state index contributed by atoms with van der Waals surface area (Å²) < 4.78 is 1.91. The molecule has 16 heavy (non-hydrogen) atoms. The monoisotopic (exact) mass is 215 g/mol. The second-order valence-corrected chi connectivity index (χ2v) is 4.05. The van der Waals surface area contributed by atoms with Gasteiger partial charge < -0.3 is 5.73 Å². The van der Waals surface area contributed by atoms with Crippen LogP contribution in [0.3, 0.4) is 0 Å². The first-order valence-electron chi connectivity index (χ1n) is 5.52. The molecule has 0 aliphatic heterocycles. The van der Waals surface area contributed by atoms with Crippen LogP contribution in [0.2, 0.25) is 0 Å². The number of rotatable bonds is 3. The Kier molecular flexibility index (Phi) is 3.06. The van der Waals surface area contributed by atoms with Crippen LogP contribution < -0.4 is 5.73 Å². The van der Waals surface area contributed by atoms with Gasteiger partial charge >= 0.3 is 0 Å². The van der Waals surface area contributed by atoms with E-state index < -0.39 is 0 Å². The molecule has 0 atom stereocenters. The minimum Gasteiger partial charge on any atom is -0.329 e. The zero-order valence-corrected chi connectivity index (χ0v) is 9.77. The van der Waals surface area contributed by atoms with Crippen molar-refractivity contribution in [2.45, 2.75) is 20.4 Å². The van der Waals surface area contributed by atoms with E-state index in [1.54, 1.807) is 0 Å². The SMILES string of the molecule is Cc1cccc(-c2cn(CCN)nc2C)c1. The highest BCUT2D eigenvalue weighted by molar-refractivity contribution is 5.65. The molecule has 0 bridgehead atoms. The Balaban J connectivity index is 2.40. The average molecular weight is 215 g/mol. The molecule has 0 spiro atoms. The molecule has 0 aliphatic carbocycles. The number of aryl methyl sites for hydroxylation is 2. The van der Waals surface area contributed by atoms with Gasteiger partial charge in [0.25, 0.3) is 0 Å². The molecule has 0 fully saturated rings. The van der Waals surface area contributed by atoms with Crippen LogP contribution in [0.5, 0.6) is 0 Å². The van der Waals surface area contributed by atoms with Gasteiger partial charge in [-0.05, 0) is 19.4 Å². The van der Waals surface area contributed by atoms with Crippen molar-refractivity contribution >= 4 is 0 Å².